The maximum absolute atomic E-state index is 11.0. The number of anilines is 1. The summed E-state index contributed by atoms with van der Waals surface area (Å²) in [5.74, 6) is -0.199. The summed E-state index contributed by atoms with van der Waals surface area (Å²) in [6.07, 6.45) is 5.92. The van der Waals surface area contributed by atoms with Crippen LogP contribution < -0.4 is 5.43 Å². The average Bonchev–Trinajstić information content (AvgIpc) is 2.30. The molecule has 0 aliphatic heterocycles. The molecule has 16 heavy (non-hydrogen) atoms. The number of carbonyl (C=O) groups excluding carboxylic acids is 1. The third kappa shape index (κ3) is 5.09. The molecule has 0 aliphatic carbocycles. The number of nitrogens with zero attached hydrogens (tertiary/aromatic N) is 2. The zero-order valence-electron chi connectivity index (χ0n) is 9.22. The lowest BCUT2D eigenvalue weighted by Gasteiger charge is -1.99. The van der Waals surface area contributed by atoms with Crippen molar-refractivity contribution in [1.29, 1.82) is 0 Å². The van der Waals surface area contributed by atoms with Crippen LogP contribution in [0, 0.1) is 0 Å². The van der Waals surface area contributed by atoms with E-state index in [2.05, 4.69) is 15.5 Å². The van der Waals surface area contributed by atoms with Crippen LogP contribution in [0.1, 0.15) is 19.8 Å². The molecular formula is C11H15N3O2. The molecule has 5 nitrogen and oxygen atoms in total. The summed E-state index contributed by atoms with van der Waals surface area (Å²) in [5.41, 5.74) is 3.62. The molecule has 0 aliphatic rings. The highest BCUT2D eigenvalue weighted by atomic mass is 16.5. The van der Waals surface area contributed by atoms with Crippen LogP contribution in [0.3, 0.4) is 0 Å². The standard InChI is InChI=1S/C11H15N3O2/c1-2-16-11(15)6-4-8-13-14-10-5-3-7-12-9-10/h3,5,7-9,14H,2,4,6H2,1H3/b13-8+. The summed E-state index contributed by atoms with van der Waals surface area (Å²) in [7, 11) is 0. The summed E-state index contributed by atoms with van der Waals surface area (Å²) in [4.78, 5) is 14.9. The number of nitrogens with one attached hydrogen (secondary N) is 1. The summed E-state index contributed by atoms with van der Waals surface area (Å²) in [6.45, 7) is 2.21. The van der Waals surface area contributed by atoms with Crippen molar-refractivity contribution in [2.45, 2.75) is 19.8 Å². The number of hydrogen-bond donors (Lipinski definition) is 1. The van der Waals surface area contributed by atoms with Gasteiger partial charge < -0.3 is 4.74 Å². The Labute approximate surface area is 94.5 Å². The SMILES string of the molecule is CCOC(=O)CC/C=N/Nc1cccnc1. The Morgan fingerprint density at radius 3 is 3.25 bits per heavy atom. The van der Waals surface area contributed by atoms with Crippen molar-refractivity contribution < 1.29 is 9.53 Å². The van der Waals surface area contributed by atoms with Gasteiger partial charge in [0.25, 0.3) is 0 Å². The average molecular weight is 221 g/mol. The molecule has 0 atom stereocenters. The Balaban J connectivity index is 2.16. The molecule has 1 N–H and O–H groups in total. The van der Waals surface area contributed by atoms with Crippen molar-refractivity contribution in [2.24, 2.45) is 5.10 Å². The largest absolute Gasteiger partial charge is 0.466 e. The zero-order valence-corrected chi connectivity index (χ0v) is 9.22. The molecule has 1 aromatic heterocycles. The molecule has 5 heteroatoms. The number of rotatable bonds is 6. The van der Waals surface area contributed by atoms with E-state index in [0.717, 1.165) is 5.69 Å². The lowest BCUT2D eigenvalue weighted by atomic mass is 10.3. The summed E-state index contributed by atoms with van der Waals surface area (Å²) >= 11 is 0. The van der Waals surface area contributed by atoms with E-state index in [1.807, 2.05) is 12.1 Å². The van der Waals surface area contributed by atoms with Crippen LogP contribution in [0.2, 0.25) is 0 Å². The highest BCUT2D eigenvalue weighted by Crippen LogP contribution is 2.01. The van der Waals surface area contributed by atoms with Crippen molar-refractivity contribution in [1.82, 2.24) is 4.98 Å². The normalized spacial score (nSPS) is 10.3. The minimum Gasteiger partial charge on any atom is -0.466 e. The highest BCUT2D eigenvalue weighted by molar-refractivity contribution is 5.73. The molecule has 0 unspecified atom stereocenters. The van der Waals surface area contributed by atoms with Crippen molar-refractivity contribution in [3.8, 4) is 0 Å². The van der Waals surface area contributed by atoms with Gasteiger partial charge >= 0.3 is 5.97 Å². The summed E-state index contributed by atoms with van der Waals surface area (Å²) in [6, 6.07) is 3.67. The van der Waals surface area contributed by atoms with Gasteiger partial charge in [0.2, 0.25) is 0 Å². The van der Waals surface area contributed by atoms with E-state index in [1.54, 1.807) is 25.5 Å². The molecule has 0 fully saturated rings. The Morgan fingerprint density at radius 2 is 2.56 bits per heavy atom. The molecule has 0 radical (unpaired) electrons. The third-order valence-electron chi connectivity index (χ3n) is 1.73. The molecule has 86 valence electrons. The topological polar surface area (TPSA) is 63.6 Å². The first-order chi connectivity index (χ1) is 7.83. The van der Waals surface area contributed by atoms with Gasteiger partial charge in [0.05, 0.1) is 24.9 Å². The minimum absolute atomic E-state index is 0.199. The van der Waals surface area contributed by atoms with Crippen LogP contribution in [0.5, 0.6) is 0 Å². The molecule has 1 aromatic rings. The van der Waals surface area contributed by atoms with Gasteiger partial charge in [0, 0.05) is 12.4 Å². The second kappa shape index (κ2) is 7.39. The number of ether oxygens (including phenoxy) is 1. The van der Waals surface area contributed by atoms with Crippen LogP contribution in [0.15, 0.2) is 29.6 Å². The molecule has 0 amide bonds. The van der Waals surface area contributed by atoms with E-state index in [-0.39, 0.29) is 5.97 Å². The van der Waals surface area contributed by atoms with Crippen molar-refractivity contribution >= 4 is 17.9 Å². The zero-order chi connectivity index (χ0) is 11.6. The second-order valence-electron chi connectivity index (χ2n) is 3.01. The van der Waals surface area contributed by atoms with Crippen molar-refractivity contribution in [3.05, 3.63) is 24.5 Å². The summed E-state index contributed by atoms with van der Waals surface area (Å²) in [5, 5.41) is 3.95. The van der Waals surface area contributed by atoms with Crippen LogP contribution in [-0.2, 0) is 9.53 Å². The number of carbonyl (C=O) groups is 1. The smallest absolute Gasteiger partial charge is 0.306 e. The van der Waals surface area contributed by atoms with Crippen LogP contribution >= 0.6 is 0 Å². The molecule has 0 bridgehead atoms. The van der Waals surface area contributed by atoms with Crippen molar-refractivity contribution in [2.75, 3.05) is 12.0 Å². The fourth-order valence-corrected chi connectivity index (χ4v) is 1.03. The molecule has 0 aromatic carbocycles. The molecule has 0 saturated heterocycles. The predicted molar refractivity (Wildman–Crippen MR) is 62.2 cm³/mol. The highest BCUT2D eigenvalue weighted by Gasteiger charge is 1.98. The second-order valence-corrected chi connectivity index (χ2v) is 3.01. The first-order valence-corrected chi connectivity index (χ1v) is 5.16. The lowest BCUT2D eigenvalue weighted by Crippen LogP contribution is -2.03. The quantitative estimate of drug-likeness (QED) is 0.452. The molecule has 0 spiro atoms. The molecule has 0 saturated carbocycles. The number of aromatic nitrogens is 1. The van der Waals surface area contributed by atoms with Gasteiger partial charge in [-0.15, -0.1) is 0 Å². The maximum Gasteiger partial charge on any atom is 0.306 e. The van der Waals surface area contributed by atoms with Gasteiger partial charge in [0.1, 0.15) is 0 Å². The fraction of sp³-hybridized carbons (Fsp3) is 0.364. The molecular weight excluding hydrogens is 206 g/mol. The van der Waals surface area contributed by atoms with E-state index >= 15 is 0 Å². The van der Waals surface area contributed by atoms with E-state index in [9.17, 15) is 4.79 Å². The first kappa shape index (κ1) is 12.2. The lowest BCUT2D eigenvalue weighted by molar-refractivity contribution is -0.142. The summed E-state index contributed by atoms with van der Waals surface area (Å²) < 4.78 is 4.78. The van der Waals surface area contributed by atoms with Gasteiger partial charge in [-0.05, 0) is 25.5 Å². The maximum atomic E-state index is 11.0. The Bertz CT molecular complexity index is 338. The monoisotopic (exact) mass is 221 g/mol. The predicted octanol–water partition coefficient (Wildman–Crippen LogP) is 1.82. The van der Waals surface area contributed by atoms with Crippen molar-refractivity contribution in [3.63, 3.8) is 0 Å². The van der Waals surface area contributed by atoms with Gasteiger partial charge in [-0.25, -0.2) is 0 Å². The molecule has 1 rings (SSSR count). The van der Waals surface area contributed by atoms with E-state index in [4.69, 9.17) is 4.74 Å². The Hall–Kier alpha value is -1.91. The van der Waals surface area contributed by atoms with Gasteiger partial charge in [-0.1, -0.05) is 0 Å². The van der Waals surface area contributed by atoms with Gasteiger partial charge in [-0.3, -0.25) is 15.2 Å². The van der Waals surface area contributed by atoms with Gasteiger partial charge in [-0.2, -0.15) is 5.10 Å². The third-order valence-corrected chi connectivity index (χ3v) is 1.73. The number of esters is 1. The van der Waals surface area contributed by atoms with E-state index in [0.29, 0.717) is 19.4 Å². The van der Waals surface area contributed by atoms with E-state index < -0.39 is 0 Å². The fourth-order valence-electron chi connectivity index (χ4n) is 1.03. The Morgan fingerprint density at radius 1 is 1.69 bits per heavy atom. The number of hydrazone groups is 1. The number of pyridine rings is 1. The van der Waals surface area contributed by atoms with Crippen LogP contribution in [-0.4, -0.2) is 23.8 Å². The van der Waals surface area contributed by atoms with E-state index in [1.165, 1.54) is 0 Å². The Kier molecular flexibility index (Phi) is 5.62. The number of hydrogen-bond acceptors (Lipinski definition) is 5. The van der Waals surface area contributed by atoms with Crippen LogP contribution in [0.4, 0.5) is 5.69 Å². The minimum atomic E-state index is -0.199. The first-order valence-electron chi connectivity index (χ1n) is 5.16. The molecule has 1 heterocycles. The van der Waals surface area contributed by atoms with Crippen LogP contribution in [0.25, 0.3) is 0 Å². The van der Waals surface area contributed by atoms with Gasteiger partial charge in [0.15, 0.2) is 0 Å².